The maximum absolute atomic E-state index is 6.41. The molecule has 2 aromatic heterocycles. The molecule has 0 radical (unpaired) electrons. The molecule has 2 saturated heterocycles. The van der Waals surface area contributed by atoms with Gasteiger partial charge in [0.25, 0.3) is 0 Å². The zero-order valence-corrected chi connectivity index (χ0v) is 23.9. The van der Waals surface area contributed by atoms with Crippen LogP contribution in [0.4, 0.5) is 11.6 Å². The van der Waals surface area contributed by atoms with E-state index in [4.69, 9.17) is 25.8 Å². The fourth-order valence-corrected chi connectivity index (χ4v) is 5.49. The predicted molar refractivity (Wildman–Crippen MR) is 155 cm³/mol. The van der Waals surface area contributed by atoms with E-state index in [0.29, 0.717) is 35.2 Å². The van der Waals surface area contributed by atoms with Gasteiger partial charge in [-0.2, -0.15) is 0 Å². The van der Waals surface area contributed by atoms with E-state index in [0.717, 1.165) is 48.9 Å². The molecule has 2 aliphatic rings. The maximum Gasteiger partial charge on any atom is 0.227 e. The van der Waals surface area contributed by atoms with Crippen LogP contribution in [-0.4, -0.2) is 80.6 Å². The number of anilines is 2. The molecule has 1 N–H and O–H groups in total. The number of halogens is 1. The van der Waals surface area contributed by atoms with Crippen LogP contribution < -0.4 is 14.8 Å². The first kappa shape index (κ1) is 27.4. The molecule has 0 saturated carbocycles. The lowest BCUT2D eigenvalue weighted by Gasteiger charge is -2.42. The van der Waals surface area contributed by atoms with Crippen LogP contribution in [0.3, 0.4) is 0 Å². The van der Waals surface area contributed by atoms with E-state index in [1.807, 2.05) is 19.1 Å². The molecule has 0 spiro atoms. The van der Waals surface area contributed by atoms with E-state index < -0.39 is 0 Å². The Labute approximate surface area is 243 Å². The van der Waals surface area contributed by atoms with Crippen LogP contribution >= 0.6 is 11.6 Å². The average Bonchev–Trinajstić information content (AvgIpc) is 3.47. The Bertz CT molecular complexity index is 1450. The lowest BCUT2D eigenvalue weighted by Crippen LogP contribution is -2.52. The van der Waals surface area contributed by atoms with Gasteiger partial charge in [-0.15, -0.1) is 5.10 Å². The number of aromatic nitrogens is 6. The van der Waals surface area contributed by atoms with Crippen LogP contribution in [0.25, 0.3) is 11.1 Å². The second-order valence-corrected chi connectivity index (χ2v) is 10.9. The molecular weight excluding hydrogens is 544 g/mol. The topological polar surface area (TPSA) is 112 Å². The second kappa shape index (κ2) is 12.4. The number of nitrogens with one attached hydrogen (secondary N) is 1. The molecule has 1 unspecified atom stereocenters. The highest BCUT2D eigenvalue weighted by Crippen LogP contribution is 2.35. The normalized spacial score (nSPS) is 18.5. The van der Waals surface area contributed by atoms with Crippen molar-refractivity contribution in [2.75, 3.05) is 38.7 Å². The van der Waals surface area contributed by atoms with E-state index >= 15 is 0 Å². The fraction of sp³-hybridized carbons (Fsp3) is 0.414. The fourth-order valence-electron chi connectivity index (χ4n) is 5.33. The van der Waals surface area contributed by atoms with Gasteiger partial charge in [-0.05, 0) is 78.0 Å². The van der Waals surface area contributed by atoms with Gasteiger partial charge in [-0.25, -0.2) is 14.6 Å². The number of hydrogen-bond donors (Lipinski definition) is 1. The SMILES string of the molecule is COc1cc(C2CCCN(C3COC3)C2)ccc1Nc1ncc(-c2ccc(Cl)c(O[C@@H](C)Cn3cnnn3)c2)cn1. The quantitative estimate of drug-likeness (QED) is 0.288. The maximum atomic E-state index is 6.41. The van der Waals surface area contributed by atoms with Crippen LogP contribution in [-0.2, 0) is 11.3 Å². The van der Waals surface area contributed by atoms with Crippen molar-refractivity contribution in [1.29, 1.82) is 0 Å². The molecule has 4 heterocycles. The van der Waals surface area contributed by atoms with E-state index in [1.165, 1.54) is 18.4 Å². The van der Waals surface area contributed by atoms with Crippen molar-refractivity contribution in [2.45, 2.75) is 44.4 Å². The zero-order valence-electron chi connectivity index (χ0n) is 23.1. The Morgan fingerprint density at radius 2 is 1.95 bits per heavy atom. The third-order valence-corrected chi connectivity index (χ3v) is 7.93. The predicted octanol–water partition coefficient (Wildman–Crippen LogP) is 4.58. The van der Waals surface area contributed by atoms with Crippen LogP contribution in [0.15, 0.2) is 55.1 Å². The molecule has 41 heavy (non-hydrogen) atoms. The monoisotopic (exact) mass is 576 g/mol. The molecule has 6 rings (SSSR count). The van der Waals surface area contributed by atoms with E-state index in [9.17, 15) is 0 Å². The Morgan fingerprint density at radius 3 is 2.68 bits per heavy atom. The number of rotatable bonds is 10. The minimum Gasteiger partial charge on any atom is -0.495 e. The average molecular weight is 577 g/mol. The minimum absolute atomic E-state index is 0.190. The molecule has 2 aromatic carbocycles. The number of likely N-dealkylation sites (tertiary alicyclic amines) is 1. The van der Waals surface area contributed by atoms with Crippen molar-refractivity contribution in [2.24, 2.45) is 0 Å². The van der Waals surface area contributed by atoms with Crippen LogP contribution in [0.1, 0.15) is 31.2 Å². The molecule has 11 nitrogen and oxygen atoms in total. The van der Waals surface area contributed by atoms with Gasteiger partial charge in [0, 0.05) is 24.5 Å². The number of ether oxygens (including phenoxy) is 3. The summed E-state index contributed by atoms with van der Waals surface area (Å²) in [5.74, 6) is 2.31. The third kappa shape index (κ3) is 6.42. The molecule has 2 aliphatic heterocycles. The first-order valence-electron chi connectivity index (χ1n) is 13.8. The van der Waals surface area contributed by atoms with Crippen molar-refractivity contribution in [3.8, 4) is 22.6 Å². The van der Waals surface area contributed by atoms with Crippen LogP contribution in [0.5, 0.6) is 11.5 Å². The van der Waals surface area contributed by atoms with Crippen molar-refractivity contribution < 1.29 is 14.2 Å². The van der Waals surface area contributed by atoms with E-state index in [1.54, 1.807) is 36.6 Å². The highest BCUT2D eigenvalue weighted by Gasteiger charge is 2.31. The molecule has 4 aromatic rings. The molecule has 0 amide bonds. The molecule has 2 fully saturated rings. The molecular formula is C29H33ClN8O3. The summed E-state index contributed by atoms with van der Waals surface area (Å²) < 4.78 is 18.8. The van der Waals surface area contributed by atoms with Gasteiger partial charge in [-0.1, -0.05) is 23.7 Å². The summed E-state index contributed by atoms with van der Waals surface area (Å²) in [6.45, 7) is 6.35. The van der Waals surface area contributed by atoms with Crippen molar-refractivity contribution in [3.05, 3.63) is 65.7 Å². The van der Waals surface area contributed by atoms with Gasteiger partial charge in [0.15, 0.2) is 0 Å². The minimum atomic E-state index is -0.190. The number of benzene rings is 2. The molecule has 0 bridgehead atoms. The molecule has 2 atom stereocenters. The van der Waals surface area contributed by atoms with Gasteiger partial charge in [0.2, 0.25) is 5.95 Å². The van der Waals surface area contributed by atoms with Crippen LogP contribution in [0, 0.1) is 0 Å². The second-order valence-electron chi connectivity index (χ2n) is 10.5. The van der Waals surface area contributed by atoms with E-state index in [2.05, 4.69) is 53.9 Å². The number of nitrogens with zero attached hydrogens (tertiary/aromatic N) is 7. The Morgan fingerprint density at radius 1 is 1.10 bits per heavy atom. The third-order valence-electron chi connectivity index (χ3n) is 7.61. The first-order valence-corrected chi connectivity index (χ1v) is 14.2. The van der Waals surface area contributed by atoms with Crippen molar-refractivity contribution in [1.82, 2.24) is 35.1 Å². The highest BCUT2D eigenvalue weighted by molar-refractivity contribution is 6.32. The summed E-state index contributed by atoms with van der Waals surface area (Å²) in [5.41, 5.74) is 3.85. The first-order chi connectivity index (χ1) is 20.1. The van der Waals surface area contributed by atoms with Crippen molar-refractivity contribution >= 4 is 23.2 Å². The van der Waals surface area contributed by atoms with Crippen molar-refractivity contribution in [3.63, 3.8) is 0 Å². The number of hydrogen-bond acceptors (Lipinski definition) is 10. The number of tetrazole rings is 1. The summed E-state index contributed by atoms with van der Waals surface area (Å²) in [5, 5.41) is 15.0. The van der Waals surface area contributed by atoms with E-state index in [-0.39, 0.29) is 6.10 Å². The van der Waals surface area contributed by atoms with Gasteiger partial charge in [0.1, 0.15) is 23.9 Å². The van der Waals surface area contributed by atoms with Gasteiger partial charge in [0.05, 0.1) is 43.6 Å². The zero-order chi connectivity index (χ0) is 28.2. The van der Waals surface area contributed by atoms with Crippen LogP contribution in [0.2, 0.25) is 5.02 Å². The molecule has 214 valence electrons. The smallest absolute Gasteiger partial charge is 0.227 e. The van der Waals surface area contributed by atoms with Gasteiger partial charge < -0.3 is 19.5 Å². The summed E-state index contributed by atoms with van der Waals surface area (Å²) >= 11 is 6.41. The molecule has 12 heteroatoms. The summed E-state index contributed by atoms with van der Waals surface area (Å²) in [6, 6.07) is 12.5. The summed E-state index contributed by atoms with van der Waals surface area (Å²) in [6.07, 6.45) is 7.28. The van der Waals surface area contributed by atoms with Gasteiger partial charge in [-0.3, -0.25) is 4.90 Å². The Kier molecular flexibility index (Phi) is 8.26. The lowest BCUT2D eigenvalue weighted by molar-refractivity contribution is -0.0722. The lowest BCUT2D eigenvalue weighted by atomic mass is 9.89. The Balaban J connectivity index is 1.12. The van der Waals surface area contributed by atoms with Gasteiger partial charge >= 0.3 is 0 Å². The Hall–Kier alpha value is -3.80. The number of piperidine rings is 1. The number of methoxy groups -OCH3 is 1. The molecule has 0 aliphatic carbocycles. The standard InChI is InChI=1S/C29H33ClN8O3/c1-19(14-38-18-33-35-36-38)41-27-10-21(5-7-25(27)30)23-12-31-29(32-13-23)34-26-8-6-20(11-28(26)39-2)22-4-3-9-37(15-22)24-16-40-17-24/h5-8,10-13,18-19,22,24H,3-4,9,14-17H2,1-2H3,(H,31,32,34)/t19-,22?/m0/s1. The highest BCUT2D eigenvalue weighted by atomic mass is 35.5. The summed E-state index contributed by atoms with van der Waals surface area (Å²) in [4.78, 5) is 11.7. The largest absolute Gasteiger partial charge is 0.495 e. The summed E-state index contributed by atoms with van der Waals surface area (Å²) in [7, 11) is 1.69.